The molecule has 0 amide bonds. The Bertz CT molecular complexity index is 550. The van der Waals surface area contributed by atoms with Gasteiger partial charge < -0.3 is 15.8 Å². The molecule has 94 valence electrons. The molecule has 4 nitrogen and oxygen atoms in total. The fraction of sp³-hybridized carbons (Fsp3) is 0.357. The van der Waals surface area contributed by atoms with E-state index < -0.39 is 0 Å². The number of benzene rings is 1. The van der Waals surface area contributed by atoms with Crippen molar-refractivity contribution in [1.82, 2.24) is 4.98 Å². The molecule has 3 N–H and O–H groups in total. The first-order valence-electron chi connectivity index (χ1n) is 6.28. The molecule has 1 atom stereocenters. The average molecular weight is 243 g/mol. The molecule has 1 aromatic heterocycles. The van der Waals surface area contributed by atoms with Crippen LogP contribution in [-0.4, -0.2) is 24.7 Å². The summed E-state index contributed by atoms with van der Waals surface area (Å²) in [5.41, 5.74) is 7.86. The maximum Gasteiger partial charge on any atom is 0.0511 e. The number of nitrogens with zero attached hydrogens (tertiary/aromatic N) is 1. The molecule has 2 aromatic rings. The van der Waals surface area contributed by atoms with Crippen molar-refractivity contribution in [2.24, 2.45) is 5.92 Å². The number of aromatic nitrogens is 1. The summed E-state index contributed by atoms with van der Waals surface area (Å²) < 4.78 is 5.38. The number of hydrogen-bond acceptors (Lipinski definition) is 4. The van der Waals surface area contributed by atoms with Crippen LogP contribution >= 0.6 is 0 Å². The molecule has 1 aliphatic rings. The largest absolute Gasteiger partial charge is 0.398 e. The molecule has 1 aromatic carbocycles. The van der Waals surface area contributed by atoms with Crippen LogP contribution in [0.5, 0.6) is 0 Å². The Morgan fingerprint density at radius 3 is 3.11 bits per heavy atom. The van der Waals surface area contributed by atoms with Crippen LogP contribution in [0.15, 0.2) is 30.6 Å². The van der Waals surface area contributed by atoms with E-state index in [0.29, 0.717) is 5.92 Å². The molecule has 4 heteroatoms. The van der Waals surface area contributed by atoms with Gasteiger partial charge in [-0.05, 0) is 24.6 Å². The molecule has 0 radical (unpaired) electrons. The van der Waals surface area contributed by atoms with E-state index in [2.05, 4.69) is 10.3 Å². The molecule has 1 unspecified atom stereocenters. The number of hydrogen-bond donors (Lipinski definition) is 2. The van der Waals surface area contributed by atoms with Gasteiger partial charge in [-0.3, -0.25) is 4.98 Å². The van der Waals surface area contributed by atoms with E-state index >= 15 is 0 Å². The molecule has 0 bridgehead atoms. The summed E-state index contributed by atoms with van der Waals surface area (Å²) >= 11 is 0. The molecule has 1 aliphatic heterocycles. The minimum atomic E-state index is 0.606. The molecule has 3 rings (SSSR count). The van der Waals surface area contributed by atoms with Gasteiger partial charge in [0, 0.05) is 53.6 Å². The number of rotatable bonds is 3. The van der Waals surface area contributed by atoms with Crippen molar-refractivity contribution in [2.75, 3.05) is 30.8 Å². The van der Waals surface area contributed by atoms with Crippen molar-refractivity contribution in [2.45, 2.75) is 6.42 Å². The fourth-order valence-corrected chi connectivity index (χ4v) is 2.37. The maximum atomic E-state index is 5.97. The molecule has 1 fully saturated rings. The Morgan fingerprint density at radius 1 is 1.33 bits per heavy atom. The molecule has 0 saturated carbocycles. The molecule has 0 aliphatic carbocycles. The minimum absolute atomic E-state index is 0.606. The first kappa shape index (κ1) is 11.3. The fourth-order valence-electron chi connectivity index (χ4n) is 2.37. The zero-order valence-corrected chi connectivity index (χ0v) is 10.2. The number of ether oxygens (including phenoxy) is 1. The van der Waals surface area contributed by atoms with Crippen molar-refractivity contribution in [3.63, 3.8) is 0 Å². The van der Waals surface area contributed by atoms with E-state index in [1.807, 2.05) is 24.4 Å². The molecule has 1 saturated heterocycles. The van der Waals surface area contributed by atoms with Crippen molar-refractivity contribution in [3.05, 3.63) is 30.6 Å². The highest BCUT2D eigenvalue weighted by Crippen LogP contribution is 2.27. The summed E-state index contributed by atoms with van der Waals surface area (Å²) in [6.45, 7) is 2.68. The van der Waals surface area contributed by atoms with Crippen LogP contribution in [-0.2, 0) is 4.74 Å². The maximum absolute atomic E-state index is 5.97. The van der Waals surface area contributed by atoms with E-state index in [0.717, 1.165) is 48.3 Å². The quantitative estimate of drug-likeness (QED) is 0.812. The van der Waals surface area contributed by atoms with Gasteiger partial charge in [0.15, 0.2) is 0 Å². The van der Waals surface area contributed by atoms with Gasteiger partial charge in [0.2, 0.25) is 0 Å². The summed E-state index contributed by atoms with van der Waals surface area (Å²) in [6, 6.07) is 5.92. The Morgan fingerprint density at radius 2 is 2.28 bits per heavy atom. The summed E-state index contributed by atoms with van der Waals surface area (Å²) in [5, 5.41) is 5.61. The average Bonchev–Trinajstić information content (AvgIpc) is 2.92. The van der Waals surface area contributed by atoms with Crippen molar-refractivity contribution in [1.29, 1.82) is 0 Å². The number of nitrogen functional groups attached to an aromatic ring is 1. The highest BCUT2D eigenvalue weighted by molar-refractivity contribution is 6.00. The highest BCUT2D eigenvalue weighted by Gasteiger charge is 2.15. The predicted octanol–water partition coefficient (Wildman–Crippen LogP) is 2.27. The normalized spacial score (nSPS) is 19.2. The molecule has 0 spiro atoms. The lowest BCUT2D eigenvalue weighted by molar-refractivity contribution is 0.187. The summed E-state index contributed by atoms with van der Waals surface area (Å²) in [7, 11) is 0. The van der Waals surface area contributed by atoms with Gasteiger partial charge in [-0.15, -0.1) is 0 Å². The molecule has 2 heterocycles. The van der Waals surface area contributed by atoms with Crippen molar-refractivity contribution >= 4 is 22.1 Å². The number of pyridine rings is 1. The second-order valence-corrected chi connectivity index (χ2v) is 4.73. The van der Waals surface area contributed by atoms with E-state index in [1.54, 1.807) is 6.20 Å². The minimum Gasteiger partial charge on any atom is -0.398 e. The number of nitrogens with two attached hydrogens (primary N) is 1. The third-order valence-corrected chi connectivity index (χ3v) is 3.46. The van der Waals surface area contributed by atoms with Gasteiger partial charge in [0.05, 0.1) is 6.61 Å². The second kappa shape index (κ2) is 4.82. The second-order valence-electron chi connectivity index (χ2n) is 4.73. The monoisotopic (exact) mass is 243 g/mol. The Balaban J connectivity index is 1.85. The Hall–Kier alpha value is -1.81. The lowest BCUT2D eigenvalue weighted by Gasteiger charge is -2.13. The van der Waals surface area contributed by atoms with Crippen LogP contribution < -0.4 is 11.1 Å². The first-order chi connectivity index (χ1) is 8.84. The van der Waals surface area contributed by atoms with E-state index in [-0.39, 0.29) is 0 Å². The third kappa shape index (κ3) is 2.11. The first-order valence-corrected chi connectivity index (χ1v) is 6.28. The third-order valence-electron chi connectivity index (χ3n) is 3.46. The molecular weight excluding hydrogens is 226 g/mol. The Labute approximate surface area is 106 Å². The van der Waals surface area contributed by atoms with E-state index in [1.165, 1.54) is 0 Å². The number of nitrogens with one attached hydrogen (secondary N) is 1. The SMILES string of the molecule is Nc1ccc(NCC2CCOC2)c2cnccc12. The van der Waals surface area contributed by atoms with Crippen LogP contribution in [0, 0.1) is 5.92 Å². The van der Waals surface area contributed by atoms with Gasteiger partial charge in [0.25, 0.3) is 0 Å². The predicted molar refractivity (Wildman–Crippen MR) is 73.6 cm³/mol. The summed E-state index contributed by atoms with van der Waals surface area (Å²) in [6.07, 6.45) is 4.77. The van der Waals surface area contributed by atoms with Gasteiger partial charge in [0.1, 0.15) is 0 Å². The summed E-state index contributed by atoms with van der Waals surface area (Å²) in [4.78, 5) is 4.17. The van der Waals surface area contributed by atoms with Gasteiger partial charge in [-0.1, -0.05) is 0 Å². The smallest absolute Gasteiger partial charge is 0.0511 e. The van der Waals surface area contributed by atoms with E-state index in [4.69, 9.17) is 10.5 Å². The zero-order valence-electron chi connectivity index (χ0n) is 10.2. The number of anilines is 2. The van der Waals surface area contributed by atoms with Gasteiger partial charge in [-0.2, -0.15) is 0 Å². The Kier molecular flexibility index (Phi) is 3.02. The van der Waals surface area contributed by atoms with Crippen molar-refractivity contribution in [3.8, 4) is 0 Å². The standard InChI is InChI=1S/C14H17N3O/c15-13-1-2-14(12-8-16-5-3-11(12)13)17-7-10-4-6-18-9-10/h1-3,5,8,10,17H,4,6-7,9,15H2. The lowest BCUT2D eigenvalue weighted by Crippen LogP contribution is -2.14. The van der Waals surface area contributed by atoms with Crippen LogP contribution in [0.3, 0.4) is 0 Å². The van der Waals surface area contributed by atoms with Gasteiger partial charge in [-0.25, -0.2) is 0 Å². The van der Waals surface area contributed by atoms with Crippen molar-refractivity contribution < 1.29 is 4.74 Å². The van der Waals surface area contributed by atoms with Crippen LogP contribution in [0.4, 0.5) is 11.4 Å². The topological polar surface area (TPSA) is 60.2 Å². The summed E-state index contributed by atoms with van der Waals surface area (Å²) in [5.74, 6) is 0.606. The highest BCUT2D eigenvalue weighted by atomic mass is 16.5. The van der Waals surface area contributed by atoms with Crippen LogP contribution in [0.25, 0.3) is 10.8 Å². The molecule has 18 heavy (non-hydrogen) atoms. The van der Waals surface area contributed by atoms with Gasteiger partial charge >= 0.3 is 0 Å². The zero-order chi connectivity index (χ0) is 12.4. The van der Waals surface area contributed by atoms with Crippen LogP contribution in [0.1, 0.15) is 6.42 Å². The molecular formula is C14H17N3O. The lowest BCUT2D eigenvalue weighted by atomic mass is 10.1. The van der Waals surface area contributed by atoms with Crippen LogP contribution in [0.2, 0.25) is 0 Å². The number of fused-ring (bicyclic) bond motifs is 1. The van der Waals surface area contributed by atoms with E-state index in [9.17, 15) is 0 Å².